The van der Waals surface area contributed by atoms with Gasteiger partial charge in [0.15, 0.2) is 12.2 Å². The molecule has 4 unspecified atom stereocenters. The molecule has 0 aliphatic carbocycles. The van der Waals surface area contributed by atoms with E-state index in [9.17, 15) is 43.2 Å². The predicted octanol–water partition coefficient (Wildman–Crippen LogP) is 23.5. The van der Waals surface area contributed by atoms with E-state index in [0.29, 0.717) is 25.7 Å². The first-order chi connectivity index (χ1) is 47.4. The average Bonchev–Trinajstić information content (AvgIpc) is 1.02. The van der Waals surface area contributed by atoms with E-state index in [1.165, 1.54) is 218 Å². The number of phosphoric acid groups is 2. The van der Waals surface area contributed by atoms with Crippen molar-refractivity contribution in [2.45, 2.75) is 432 Å². The summed E-state index contributed by atoms with van der Waals surface area (Å²) in [6.45, 7) is 9.66. The van der Waals surface area contributed by atoms with Crippen molar-refractivity contribution in [1.82, 2.24) is 0 Å². The largest absolute Gasteiger partial charge is 0.472 e. The van der Waals surface area contributed by atoms with Crippen LogP contribution < -0.4 is 0 Å². The minimum Gasteiger partial charge on any atom is -0.462 e. The van der Waals surface area contributed by atoms with Gasteiger partial charge in [-0.15, -0.1) is 0 Å². The van der Waals surface area contributed by atoms with Crippen molar-refractivity contribution in [3.8, 4) is 0 Å². The van der Waals surface area contributed by atoms with Gasteiger partial charge in [0.25, 0.3) is 0 Å². The summed E-state index contributed by atoms with van der Waals surface area (Å²) < 4.78 is 68.5. The fourth-order valence-electron chi connectivity index (χ4n) is 12.1. The van der Waals surface area contributed by atoms with Gasteiger partial charge in [0, 0.05) is 25.7 Å². The minimum atomic E-state index is -4.96. The van der Waals surface area contributed by atoms with Crippen molar-refractivity contribution < 1.29 is 80.2 Å². The maximum Gasteiger partial charge on any atom is 0.472 e. The SMILES string of the molecule is CCCCCCCCCCCCCCCCCCCCCC(=O)O[C@H](COC(=O)CCCCCCCCCCCCCCCCC(C)CC)COP(=O)(O)OC[C@@H](O)COP(=O)(O)OC[C@@H](COC(=O)CCCCCCCCC)OC(=O)CCCCCCCCCCCCC(C)CC. The Bertz CT molecular complexity index is 1890. The smallest absolute Gasteiger partial charge is 0.462 e. The molecule has 0 saturated heterocycles. The minimum absolute atomic E-state index is 0.106. The molecule has 17 nitrogen and oxygen atoms in total. The molecule has 0 aliphatic rings. The second-order valence-corrected chi connectivity index (χ2v) is 31.8. The van der Waals surface area contributed by atoms with Gasteiger partial charge in [-0.25, -0.2) is 9.13 Å². The molecule has 0 aromatic heterocycles. The molecule has 0 fully saturated rings. The highest BCUT2D eigenvalue weighted by Gasteiger charge is 2.30. The van der Waals surface area contributed by atoms with Gasteiger partial charge >= 0.3 is 39.5 Å². The molecule has 19 heteroatoms. The van der Waals surface area contributed by atoms with Crippen molar-refractivity contribution in [3.63, 3.8) is 0 Å². The molecule has 0 rings (SSSR count). The van der Waals surface area contributed by atoms with Crippen molar-refractivity contribution in [2.24, 2.45) is 11.8 Å². The van der Waals surface area contributed by atoms with Crippen LogP contribution in [0.1, 0.15) is 414 Å². The number of hydrogen-bond acceptors (Lipinski definition) is 15. The lowest BCUT2D eigenvalue weighted by Gasteiger charge is -2.21. The number of esters is 4. The predicted molar refractivity (Wildman–Crippen MR) is 400 cm³/mol. The van der Waals surface area contributed by atoms with E-state index in [-0.39, 0.29) is 25.7 Å². The highest BCUT2D eigenvalue weighted by atomic mass is 31.2. The van der Waals surface area contributed by atoms with Crippen LogP contribution in [0.15, 0.2) is 0 Å². The quantitative estimate of drug-likeness (QED) is 0.0222. The van der Waals surface area contributed by atoms with Crippen LogP contribution in [0.3, 0.4) is 0 Å². The molecular weight excluding hydrogens is 1280 g/mol. The van der Waals surface area contributed by atoms with Gasteiger partial charge in [-0.05, 0) is 37.5 Å². The number of rotatable bonds is 78. The summed E-state index contributed by atoms with van der Waals surface area (Å²) >= 11 is 0. The third kappa shape index (κ3) is 69.8. The van der Waals surface area contributed by atoms with E-state index < -0.39 is 97.5 Å². The Morgan fingerprint density at radius 2 is 0.490 bits per heavy atom. The molecule has 0 bridgehead atoms. The first-order valence-electron chi connectivity index (χ1n) is 41.1. The molecule has 0 aromatic carbocycles. The Kier molecular flexibility index (Phi) is 69.3. The third-order valence-corrected chi connectivity index (χ3v) is 21.1. The number of hydrogen-bond donors (Lipinski definition) is 3. The molecule has 582 valence electrons. The lowest BCUT2D eigenvalue weighted by molar-refractivity contribution is -0.161. The molecule has 98 heavy (non-hydrogen) atoms. The topological polar surface area (TPSA) is 237 Å². The second-order valence-electron chi connectivity index (χ2n) is 28.9. The highest BCUT2D eigenvalue weighted by molar-refractivity contribution is 7.47. The summed E-state index contributed by atoms with van der Waals surface area (Å²) in [6.07, 6.45) is 59.7. The molecule has 0 heterocycles. The summed E-state index contributed by atoms with van der Waals surface area (Å²) in [7, 11) is -9.91. The van der Waals surface area contributed by atoms with Crippen molar-refractivity contribution in [3.05, 3.63) is 0 Å². The maximum absolute atomic E-state index is 13.1. The Labute approximate surface area is 600 Å². The fraction of sp³-hybridized carbons (Fsp3) is 0.949. The number of carbonyl (C=O) groups excluding carboxylic acids is 4. The van der Waals surface area contributed by atoms with Crippen LogP contribution in [-0.4, -0.2) is 96.7 Å². The average molecular weight is 1440 g/mol. The van der Waals surface area contributed by atoms with Gasteiger partial charge in [-0.3, -0.25) is 37.3 Å². The van der Waals surface area contributed by atoms with Crippen LogP contribution >= 0.6 is 15.6 Å². The molecule has 0 amide bonds. The van der Waals surface area contributed by atoms with Gasteiger partial charge in [-0.2, -0.15) is 0 Å². The number of unbranched alkanes of at least 4 members (excludes halogenated alkanes) is 46. The first kappa shape index (κ1) is 96.1. The highest BCUT2D eigenvalue weighted by Crippen LogP contribution is 2.45. The van der Waals surface area contributed by atoms with E-state index in [4.69, 9.17) is 37.0 Å². The van der Waals surface area contributed by atoms with Gasteiger partial charge in [0.05, 0.1) is 26.4 Å². The van der Waals surface area contributed by atoms with Crippen LogP contribution in [0.25, 0.3) is 0 Å². The number of phosphoric ester groups is 2. The van der Waals surface area contributed by atoms with Crippen LogP contribution in [0.5, 0.6) is 0 Å². The zero-order chi connectivity index (χ0) is 72.1. The van der Waals surface area contributed by atoms with Crippen LogP contribution in [0, 0.1) is 11.8 Å². The standard InChI is InChI=1S/C79H154O17P2/c1-7-11-13-15-17-18-19-20-21-22-23-24-25-30-33-39-45-51-57-63-78(83)96-75(68-90-77(82)62-56-50-44-38-32-29-27-26-28-31-36-42-47-53-59-71(5)9-3)70-94-98(87,88)92-66-73(80)65-91-97(85,86)93-69-74(67-89-76(81)61-55-49-41-16-14-12-8-2)95-79(84)64-58-52-46-40-35-34-37-43-48-54-60-72(6)10-4/h71-75,80H,7-70H2,1-6H3,(H,85,86)(H,87,88)/t71?,72?,73-,74+,75+/m0/s1. The Morgan fingerprint density at radius 3 is 0.724 bits per heavy atom. The van der Waals surface area contributed by atoms with E-state index in [1.54, 1.807) is 0 Å². The lowest BCUT2D eigenvalue weighted by atomic mass is 9.99. The normalized spacial score (nSPS) is 14.5. The van der Waals surface area contributed by atoms with Gasteiger partial charge in [0.2, 0.25) is 0 Å². The Balaban J connectivity index is 5.19. The second kappa shape index (κ2) is 70.7. The van der Waals surface area contributed by atoms with Gasteiger partial charge in [-0.1, -0.05) is 363 Å². The number of aliphatic hydroxyl groups excluding tert-OH is 1. The summed E-state index contributed by atoms with van der Waals surface area (Å²) in [4.78, 5) is 72.8. The van der Waals surface area contributed by atoms with Crippen molar-refractivity contribution >= 4 is 39.5 Å². The zero-order valence-electron chi connectivity index (χ0n) is 64.1. The number of aliphatic hydroxyl groups is 1. The molecule has 0 saturated carbocycles. The number of ether oxygens (including phenoxy) is 4. The summed E-state index contributed by atoms with van der Waals surface area (Å²) in [5, 5.41) is 10.6. The van der Waals surface area contributed by atoms with E-state index in [0.717, 1.165) is 115 Å². The molecule has 3 N–H and O–H groups in total. The molecule has 7 atom stereocenters. The molecule has 0 aromatic rings. The molecule has 0 aliphatic heterocycles. The molecule has 0 radical (unpaired) electrons. The molecular formula is C79H154O17P2. The van der Waals surface area contributed by atoms with E-state index in [2.05, 4.69) is 41.5 Å². The maximum atomic E-state index is 13.1. The third-order valence-electron chi connectivity index (χ3n) is 19.2. The summed E-state index contributed by atoms with van der Waals surface area (Å²) in [5.41, 5.74) is 0. The van der Waals surface area contributed by atoms with E-state index in [1.807, 2.05) is 0 Å². The van der Waals surface area contributed by atoms with Crippen LogP contribution in [-0.2, 0) is 65.4 Å². The van der Waals surface area contributed by atoms with Crippen molar-refractivity contribution in [1.29, 1.82) is 0 Å². The lowest BCUT2D eigenvalue weighted by Crippen LogP contribution is -2.30. The van der Waals surface area contributed by atoms with Crippen LogP contribution in [0.2, 0.25) is 0 Å². The van der Waals surface area contributed by atoms with E-state index >= 15 is 0 Å². The monoisotopic (exact) mass is 1440 g/mol. The zero-order valence-corrected chi connectivity index (χ0v) is 65.9. The number of carbonyl (C=O) groups is 4. The fourth-order valence-corrected chi connectivity index (χ4v) is 13.7. The molecule has 0 spiro atoms. The Hall–Kier alpha value is -1.94. The van der Waals surface area contributed by atoms with Crippen molar-refractivity contribution in [2.75, 3.05) is 39.6 Å². The first-order valence-corrected chi connectivity index (χ1v) is 44.1. The Morgan fingerprint density at radius 1 is 0.286 bits per heavy atom. The van der Waals surface area contributed by atoms with Gasteiger partial charge < -0.3 is 33.8 Å². The summed E-state index contributed by atoms with van der Waals surface area (Å²) in [5.74, 6) is -0.463. The summed E-state index contributed by atoms with van der Waals surface area (Å²) in [6, 6.07) is 0. The van der Waals surface area contributed by atoms with Gasteiger partial charge in [0.1, 0.15) is 19.3 Å². The van der Waals surface area contributed by atoms with Crippen LogP contribution in [0.4, 0.5) is 0 Å².